The molecule has 1 fully saturated rings. The Bertz CT molecular complexity index is 546. The predicted octanol–water partition coefficient (Wildman–Crippen LogP) is 0.855. The van der Waals surface area contributed by atoms with E-state index in [-0.39, 0.29) is 0 Å². The lowest BCUT2D eigenvalue weighted by Crippen LogP contribution is -2.47. The number of nitrogens with one attached hydrogen (secondary N) is 1. The van der Waals surface area contributed by atoms with E-state index in [9.17, 15) is 8.42 Å². The maximum Gasteiger partial charge on any atom is 0.211 e. The van der Waals surface area contributed by atoms with E-state index in [2.05, 4.69) is 24.1 Å². The summed E-state index contributed by atoms with van der Waals surface area (Å²) in [4.78, 5) is 2.22. The number of sulfonamides is 1. The van der Waals surface area contributed by atoms with Crippen LogP contribution in [0.15, 0.2) is 16.5 Å². The van der Waals surface area contributed by atoms with Gasteiger partial charge >= 0.3 is 0 Å². The number of hydrogen-bond donors (Lipinski definition) is 1. The quantitative estimate of drug-likeness (QED) is 0.843. The Morgan fingerprint density at radius 3 is 2.38 bits per heavy atom. The van der Waals surface area contributed by atoms with E-state index < -0.39 is 10.0 Å². The summed E-state index contributed by atoms with van der Waals surface area (Å²) >= 11 is 0. The van der Waals surface area contributed by atoms with Gasteiger partial charge in [-0.15, -0.1) is 0 Å². The monoisotopic (exact) mass is 315 g/mol. The van der Waals surface area contributed by atoms with E-state index >= 15 is 0 Å². The SMILES string of the molecule is CC(C)NCc1ccc(CN2CCN(S(C)(=O)=O)CC2)o1. The van der Waals surface area contributed by atoms with Crippen LogP contribution in [0.2, 0.25) is 0 Å². The first-order valence-corrected chi connectivity index (χ1v) is 9.18. The van der Waals surface area contributed by atoms with Crippen LogP contribution in [0.1, 0.15) is 25.4 Å². The highest BCUT2D eigenvalue weighted by Crippen LogP contribution is 2.13. The van der Waals surface area contributed by atoms with Gasteiger partial charge in [0.1, 0.15) is 11.5 Å². The Kier molecular flexibility index (Phi) is 5.43. The zero-order valence-corrected chi connectivity index (χ0v) is 13.8. The largest absolute Gasteiger partial charge is 0.463 e. The average Bonchev–Trinajstić information content (AvgIpc) is 2.83. The van der Waals surface area contributed by atoms with E-state index in [0.29, 0.717) is 19.1 Å². The predicted molar refractivity (Wildman–Crippen MR) is 82.4 cm³/mol. The topological polar surface area (TPSA) is 65.8 Å². The second kappa shape index (κ2) is 6.91. The van der Waals surface area contributed by atoms with E-state index in [1.54, 1.807) is 0 Å². The molecule has 2 rings (SSSR count). The van der Waals surface area contributed by atoms with Crippen molar-refractivity contribution in [1.29, 1.82) is 0 Å². The summed E-state index contributed by atoms with van der Waals surface area (Å²) in [6, 6.07) is 4.43. The summed E-state index contributed by atoms with van der Waals surface area (Å²) < 4.78 is 30.3. The molecule has 0 bridgehead atoms. The summed E-state index contributed by atoms with van der Waals surface area (Å²) in [5.41, 5.74) is 0. The summed E-state index contributed by atoms with van der Waals surface area (Å²) in [5, 5.41) is 3.32. The van der Waals surface area contributed by atoms with Gasteiger partial charge in [0, 0.05) is 32.2 Å². The lowest BCUT2D eigenvalue weighted by Gasteiger charge is -2.32. The second-order valence-electron chi connectivity index (χ2n) is 5.84. The first-order chi connectivity index (χ1) is 9.84. The van der Waals surface area contributed by atoms with Gasteiger partial charge in [-0.1, -0.05) is 13.8 Å². The molecule has 1 aromatic rings. The number of rotatable bonds is 6. The van der Waals surface area contributed by atoms with Crippen LogP contribution in [0, 0.1) is 0 Å². The van der Waals surface area contributed by atoms with Crippen LogP contribution >= 0.6 is 0 Å². The molecule has 1 aliphatic rings. The lowest BCUT2D eigenvalue weighted by atomic mass is 10.3. The fourth-order valence-electron chi connectivity index (χ4n) is 2.35. The molecule has 120 valence electrons. The molecule has 0 saturated carbocycles. The molecule has 1 saturated heterocycles. The third-order valence-corrected chi connectivity index (χ3v) is 4.88. The molecule has 1 N–H and O–H groups in total. The number of hydrogen-bond acceptors (Lipinski definition) is 5. The van der Waals surface area contributed by atoms with Crippen molar-refractivity contribution in [1.82, 2.24) is 14.5 Å². The summed E-state index contributed by atoms with van der Waals surface area (Å²) in [5.74, 6) is 1.87. The van der Waals surface area contributed by atoms with Crippen LogP contribution in [0.25, 0.3) is 0 Å². The number of furan rings is 1. The van der Waals surface area contributed by atoms with Gasteiger partial charge in [0.05, 0.1) is 19.3 Å². The number of piperazine rings is 1. The highest BCUT2D eigenvalue weighted by molar-refractivity contribution is 7.88. The van der Waals surface area contributed by atoms with Crippen molar-refractivity contribution in [3.8, 4) is 0 Å². The molecule has 2 heterocycles. The molecule has 0 radical (unpaired) electrons. The highest BCUT2D eigenvalue weighted by atomic mass is 32.2. The zero-order chi connectivity index (χ0) is 15.5. The Morgan fingerprint density at radius 1 is 1.19 bits per heavy atom. The van der Waals surface area contributed by atoms with E-state index in [0.717, 1.165) is 37.7 Å². The molecule has 0 atom stereocenters. The minimum atomic E-state index is -3.06. The van der Waals surface area contributed by atoms with Crippen LogP contribution in [-0.2, 0) is 23.1 Å². The van der Waals surface area contributed by atoms with Gasteiger partial charge in [0.25, 0.3) is 0 Å². The molecule has 21 heavy (non-hydrogen) atoms. The van der Waals surface area contributed by atoms with Crippen LogP contribution in [0.4, 0.5) is 0 Å². The fourth-order valence-corrected chi connectivity index (χ4v) is 3.17. The molecule has 1 aromatic heterocycles. The summed E-state index contributed by atoms with van der Waals surface area (Å²) in [6.45, 7) is 8.28. The first kappa shape index (κ1) is 16.5. The van der Waals surface area contributed by atoms with Crippen LogP contribution in [0.5, 0.6) is 0 Å². The van der Waals surface area contributed by atoms with Gasteiger partial charge < -0.3 is 9.73 Å². The van der Waals surface area contributed by atoms with Gasteiger partial charge in [0.2, 0.25) is 10.0 Å². The maximum absolute atomic E-state index is 11.5. The molecule has 7 heteroatoms. The molecule has 6 nitrogen and oxygen atoms in total. The van der Waals surface area contributed by atoms with Crippen molar-refractivity contribution in [3.63, 3.8) is 0 Å². The molecule has 0 spiro atoms. The molecule has 0 amide bonds. The van der Waals surface area contributed by atoms with Crippen molar-refractivity contribution in [3.05, 3.63) is 23.7 Å². The maximum atomic E-state index is 11.5. The number of nitrogens with zero attached hydrogens (tertiary/aromatic N) is 2. The first-order valence-electron chi connectivity index (χ1n) is 7.33. The van der Waals surface area contributed by atoms with Gasteiger partial charge in [-0.2, -0.15) is 4.31 Å². The minimum absolute atomic E-state index is 0.433. The molecule has 0 aliphatic carbocycles. The van der Waals surface area contributed by atoms with E-state index in [4.69, 9.17) is 4.42 Å². The molecule has 0 aromatic carbocycles. The van der Waals surface area contributed by atoms with Gasteiger partial charge in [0.15, 0.2) is 0 Å². The van der Waals surface area contributed by atoms with Crippen LogP contribution in [-0.4, -0.2) is 56.1 Å². The second-order valence-corrected chi connectivity index (χ2v) is 7.82. The normalized spacial score (nSPS) is 18.5. The van der Waals surface area contributed by atoms with Crippen molar-refractivity contribution < 1.29 is 12.8 Å². The van der Waals surface area contributed by atoms with Crippen molar-refractivity contribution in [2.45, 2.75) is 33.0 Å². The molecular formula is C14H25N3O3S. The Balaban J connectivity index is 1.81. The molecule has 0 unspecified atom stereocenters. The summed E-state index contributed by atoms with van der Waals surface area (Å²) in [6.07, 6.45) is 1.27. The highest BCUT2D eigenvalue weighted by Gasteiger charge is 2.23. The smallest absolute Gasteiger partial charge is 0.211 e. The van der Waals surface area contributed by atoms with E-state index in [1.807, 2.05) is 12.1 Å². The minimum Gasteiger partial charge on any atom is -0.463 e. The Hall–Kier alpha value is -0.890. The third kappa shape index (κ3) is 5.10. The van der Waals surface area contributed by atoms with Crippen LogP contribution < -0.4 is 5.32 Å². The molecule has 1 aliphatic heterocycles. The molecular weight excluding hydrogens is 290 g/mol. The zero-order valence-electron chi connectivity index (χ0n) is 13.0. The standard InChI is InChI=1S/C14H25N3O3S/c1-12(2)15-10-13-4-5-14(20-13)11-16-6-8-17(9-7-16)21(3,18)19/h4-5,12,15H,6-11H2,1-3H3. The van der Waals surface area contributed by atoms with Crippen LogP contribution in [0.3, 0.4) is 0 Å². The lowest BCUT2D eigenvalue weighted by molar-refractivity contribution is 0.170. The van der Waals surface area contributed by atoms with Gasteiger partial charge in [-0.25, -0.2) is 8.42 Å². The third-order valence-electron chi connectivity index (χ3n) is 3.58. The average molecular weight is 315 g/mol. The van der Waals surface area contributed by atoms with Crippen molar-refractivity contribution >= 4 is 10.0 Å². The summed E-state index contributed by atoms with van der Waals surface area (Å²) in [7, 11) is -3.06. The fraction of sp³-hybridized carbons (Fsp3) is 0.714. The van der Waals surface area contributed by atoms with Gasteiger partial charge in [-0.3, -0.25) is 4.90 Å². The van der Waals surface area contributed by atoms with Crippen molar-refractivity contribution in [2.75, 3.05) is 32.4 Å². The van der Waals surface area contributed by atoms with E-state index in [1.165, 1.54) is 10.6 Å². The van der Waals surface area contributed by atoms with Crippen molar-refractivity contribution in [2.24, 2.45) is 0 Å². The Labute approximate surface area is 127 Å². The van der Waals surface area contributed by atoms with Gasteiger partial charge in [-0.05, 0) is 12.1 Å². The Morgan fingerprint density at radius 2 is 1.81 bits per heavy atom.